The zero-order valence-electron chi connectivity index (χ0n) is 8.26. The van der Waals surface area contributed by atoms with Gasteiger partial charge in [0.15, 0.2) is 6.29 Å². The summed E-state index contributed by atoms with van der Waals surface area (Å²) in [5.41, 5.74) is 1.12. The van der Waals surface area contributed by atoms with E-state index in [-0.39, 0.29) is 0 Å². The molecule has 3 nitrogen and oxygen atoms in total. The van der Waals surface area contributed by atoms with Gasteiger partial charge < -0.3 is 9.47 Å². The van der Waals surface area contributed by atoms with Gasteiger partial charge in [-0.15, -0.1) is 0 Å². The highest BCUT2D eigenvalue weighted by Gasteiger charge is 2.14. The fourth-order valence-electron chi connectivity index (χ4n) is 1.21. The molecule has 0 heterocycles. The molecule has 1 rings (SSSR count). The zero-order chi connectivity index (χ0) is 10.7. The lowest BCUT2D eigenvalue weighted by Gasteiger charge is -2.11. The first kappa shape index (κ1) is 10.9. The van der Waals surface area contributed by atoms with Crippen LogP contribution in [0.1, 0.15) is 15.9 Å². The normalized spacial score (nSPS) is 9.71. The van der Waals surface area contributed by atoms with Gasteiger partial charge >= 0.3 is 0 Å². The van der Waals surface area contributed by atoms with Gasteiger partial charge in [0.05, 0.1) is 24.8 Å². The highest BCUT2D eigenvalue weighted by molar-refractivity contribution is 6.33. The van der Waals surface area contributed by atoms with E-state index >= 15 is 0 Å². The molecule has 0 spiro atoms. The number of carbonyl (C=O) groups excluding carboxylic acids is 1. The number of halogens is 1. The smallest absolute Gasteiger partial charge is 0.154 e. The molecular weight excluding hydrogens is 204 g/mol. The van der Waals surface area contributed by atoms with E-state index in [4.69, 9.17) is 21.1 Å². The van der Waals surface area contributed by atoms with E-state index in [1.807, 2.05) is 0 Å². The molecule has 0 fully saturated rings. The van der Waals surface area contributed by atoms with E-state index in [2.05, 4.69) is 0 Å². The summed E-state index contributed by atoms with van der Waals surface area (Å²) in [6, 6.07) is 1.60. The Morgan fingerprint density at radius 1 is 1.29 bits per heavy atom. The predicted molar refractivity (Wildman–Crippen MR) is 54.7 cm³/mol. The highest BCUT2D eigenvalue weighted by atomic mass is 35.5. The van der Waals surface area contributed by atoms with Gasteiger partial charge in [-0.1, -0.05) is 11.6 Å². The Kier molecular flexibility index (Phi) is 3.36. The summed E-state index contributed by atoms with van der Waals surface area (Å²) in [6.07, 6.45) is 0.722. The third kappa shape index (κ3) is 1.68. The number of ether oxygens (including phenoxy) is 2. The van der Waals surface area contributed by atoms with Crippen molar-refractivity contribution in [1.29, 1.82) is 0 Å². The van der Waals surface area contributed by atoms with Crippen LogP contribution in [0.2, 0.25) is 5.02 Å². The summed E-state index contributed by atoms with van der Waals surface area (Å²) in [5.74, 6) is 0.977. The summed E-state index contributed by atoms with van der Waals surface area (Å²) in [5, 5.41) is 0.440. The van der Waals surface area contributed by atoms with Crippen molar-refractivity contribution in [3.63, 3.8) is 0 Å². The molecule has 0 amide bonds. The van der Waals surface area contributed by atoms with E-state index in [0.717, 1.165) is 6.29 Å². The van der Waals surface area contributed by atoms with E-state index in [1.165, 1.54) is 14.2 Å². The van der Waals surface area contributed by atoms with Crippen LogP contribution in [0.3, 0.4) is 0 Å². The van der Waals surface area contributed by atoms with Crippen LogP contribution in [0.15, 0.2) is 6.07 Å². The van der Waals surface area contributed by atoms with Gasteiger partial charge in [-0.05, 0) is 12.5 Å². The van der Waals surface area contributed by atoms with Gasteiger partial charge in [0.1, 0.15) is 11.5 Å². The Morgan fingerprint density at radius 3 is 2.29 bits per heavy atom. The Morgan fingerprint density at radius 2 is 1.86 bits per heavy atom. The molecule has 0 aliphatic rings. The molecule has 14 heavy (non-hydrogen) atoms. The number of benzene rings is 1. The zero-order valence-corrected chi connectivity index (χ0v) is 9.01. The molecular formula is C10H11ClO3. The van der Waals surface area contributed by atoms with Crippen LogP contribution in [-0.2, 0) is 0 Å². The molecule has 76 valence electrons. The third-order valence-electron chi connectivity index (χ3n) is 2.03. The fraction of sp³-hybridized carbons (Fsp3) is 0.300. The molecule has 0 aliphatic carbocycles. The molecule has 0 aromatic heterocycles. The molecule has 0 aliphatic heterocycles. The van der Waals surface area contributed by atoms with Gasteiger partial charge in [0.25, 0.3) is 0 Å². The molecule has 0 saturated heterocycles. The molecule has 0 atom stereocenters. The number of aldehydes is 1. The first-order valence-corrected chi connectivity index (χ1v) is 4.39. The third-order valence-corrected chi connectivity index (χ3v) is 2.50. The van der Waals surface area contributed by atoms with Crippen molar-refractivity contribution in [2.24, 2.45) is 0 Å². The van der Waals surface area contributed by atoms with Gasteiger partial charge in [0, 0.05) is 6.07 Å². The van der Waals surface area contributed by atoms with Gasteiger partial charge in [-0.2, -0.15) is 0 Å². The van der Waals surface area contributed by atoms with Crippen molar-refractivity contribution in [2.45, 2.75) is 6.92 Å². The first-order valence-electron chi connectivity index (χ1n) is 4.02. The quantitative estimate of drug-likeness (QED) is 0.726. The molecule has 0 unspecified atom stereocenters. The van der Waals surface area contributed by atoms with Crippen molar-refractivity contribution in [3.8, 4) is 11.5 Å². The summed E-state index contributed by atoms with van der Waals surface area (Å²) in [7, 11) is 3.01. The minimum atomic E-state index is 0.440. The second kappa shape index (κ2) is 4.33. The summed E-state index contributed by atoms with van der Waals surface area (Å²) >= 11 is 5.97. The second-order valence-corrected chi connectivity index (χ2v) is 3.13. The molecule has 0 N–H and O–H groups in total. The van der Waals surface area contributed by atoms with Crippen molar-refractivity contribution < 1.29 is 14.3 Å². The van der Waals surface area contributed by atoms with Crippen molar-refractivity contribution in [2.75, 3.05) is 14.2 Å². The molecule has 0 saturated carbocycles. The second-order valence-electron chi connectivity index (χ2n) is 2.75. The maximum absolute atomic E-state index is 10.8. The standard InChI is InChI=1S/C10H11ClO3/c1-6-7(5-12)8(13-2)4-9(14-3)10(6)11/h4-5H,1-3H3. The first-order chi connectivity index (χ1) is 6.65. The number of hydrogen-bond acceptors (Lipinski definition) is 3. The van der Waals surface area contributed by atoms with E-state index in [9.17, 15) is 4.79 Å². The van der Waals surface area contributed by atoms with Crippen LogP contribution in [-0.4, -0.2) is 20.5 Å². The average Bonchev–Trinajstić information content (AvgIpc) is 2.21. The largest absolute Gasteiger partial charge is 0.496 e. The Balaban J connectivity index is 3.45. The number of rotatable bonds is 3. The number of methoxy groups -OCH3 is 2. The predicted octanol–water partition coefficient (Wildman–Crippen LogP) is 2.48. The van der Waals surface area contributed by atoms with Gasteiger partial charge in [0.2, 0.25) is 0 Å². The Labute approximate surface area is 87.6 Å². The molecule has 0 radical (unpaired) electrons. The molecule has 1 aromatic rings. The number of carbonyl (C=O) groups is 1. The maximum Gasteiger partial charge on any atom is 0.154 e. The Bertz CT molecular complexity index is 361. The van der Waals surface area contributed by atoms with Crippen LogP contribution in [0.5, 0.6) is 11.5 Å². The monoisotopic (exact) mass is 214 g/mol. The Hall–Kier alpha value is -1.22. The van der Waals surface area contributed by atoms with Crippen LogP contribution in [0, 0.1) is 6.92 Å². The van der Waals surface area contributed by atoms with Crippen molar-refractivity contribution in [3.05, 3.63) is 22.2 Å². The lowest BCUT2D eigenvalue weighted by molar-refractivity contribution is 0.112. The van der Waals surface area contributed by atoms with E-state index in [1.54, 1.807) is 13.0 Å². The van der Waals surface area contributed by atoms with Crippen molar-refractivity contribution >= 4 is 17.9 Å². The molecule has 4 heteroatoms. The van der Waals surface area contributed by atoms with E-state index < -0.39 is 0 Å². The minimum absolute atomic E-state index is 0.440. The summed E-state index contributed by atoms with van der Waals surface area (Å²) in [4.78, 5) is 10.8. The topological polar surface area (TPSA) is 35.5 Å². The maximum atomic E-state index is 10.8. The van der Waals surface area contributed by atoms with E-state index in [0.29, 0.717) is 27.6 Å². The van der Waals surface area contributed by atoms with Gasteiger partial charge in [-0.3, -0.25) is 4.79 Å². The lowest BCUT2D eigenvalue weighted by Crippen LogP contribution is -1.97. The van der Waals surface area contributed by atoms with Crippen LogP contribution < -0.4 is 9.47 Å². The van der Waals surface area contributed by atoms with Gasteiger partial charge in [-0.25, -0.2) is 0 Å². The molecule has 1 aromatic carbocycles. The average molecular weight is 215 g/mol. The summed E-state index contributed by atoms with van der Waals surface area (Å²) < 4.78 is 10.1. The summed E-state index contributed by atoms with van der Waals surface area (Å²) in [6.45, 7) is 1.75. The minimum Gasteiger partial charge on any atom is -0.496 e. The highest BCUT2D eigenvalue weighted by Crippen LogP contribution is 2.35. The van der Waals surface area contributed by atoms with Crippen molar-refractivity contribution in [1.82, 2.24) is 0 Å². The van der Waals surface area contributed by atoms with Crippen LogP contribution in [0.4, 0.5) is 0 Å². The SMILES string of the molecule is COc1cc(OC)c(C=O)c(C)c1Cl. The molecule has 0 bridgehead atoms. The lowest BCUT2D eigenvalue weighted by atomic mass is 10.1. The number of hydrogen-bond donors (Lipinski definition) is 0. The van der Waals surface area contributed by atoms with Crippen LogP contribution >= 0.6 is 11.6 Å². The van der Waals surface area contributed by atoms with Crippen LogP contribution in [0.25, 0.3) is 0 Å². The fourth-order valence-corrected chi connectivity index (χ4v) is 1.45.